The highest BCUT2D eigenvalue weighted by atomic mass is 16.5. The summed E-state index contributed by atoms with van der Waals surface area (Å²) in [4.78, 5) is 62.0. The summed E-state index contributed by atoms with van der Waals surface area (Å²) in [5, 5.41) is 25.1. The molecule has 2 aliphatic rings. The van der Waals surface area contributed by atoms with Crippen molar-refractivity contribution in [1.29, 1.82) is 0 Å². The zero-order chi connectivity index (χ0) is 38.2. The van der Waals surface area contributed by atoms with Gasteiger partial charge in [0.25, 0.3) is 5.91 Å². The molecule has 14 nitrogen and oxygen atoms in total. The Hall–Kier alpha value is -6.83. The number of fused-ring (bicyclic) bond motifs is 2. The summed E-state index contributed by atoms with van der Waals surface area (Å²) in [7, 11) is 0. The maximum Gasteiger partial charge on any atom is 0.258 e. The van der Waals surface area contributed by atoms with Crippen LogP contribution in [0.4, 0.5) is 28.4 Å². The van der Waals surface area contributed by atoms with E-state index in [1.165, 1.54) is 6.92 Å². The molecule has 2 unspecified atom stereocenters. The SMILES string of the molecule is C=C(C)C(N=Nc1ccccc1OCCOc1ccccc1N=NC(C(C)=O)C(=O)Nc1ccc2c(c1)NC(=O)C2)C(=O)Cc1ccc2c(c1)CC(=O)N2. The summed E-state index contributed by atoms with van der Waals surface area (Å²) >= 11 is 0. The van der Waals surface area contributed by atoms with Crippen LogP contribution >= 0.6 is 0 Å². The van der Waals surface area contributed by atoms with Gasteiger partial charge in [-0.15, -0.1) is 0 Å². The number of ether oxygens (including phenoxy) is 2. The number of carbonyl (C=O) groups excluding carboxylic acids is 5. The lowest BCUT2D eigenvalue weighted by Crippen LogP contribution is -2.31. The number of nitrogens with one attached hydrogen (secondary N) is 3. The topological polar surface area (TPSA) is 189 Å². The normalized spacial score (nSPS) is 14.2. The Kier molecular flexibility index (Phi) is 11.4. The van der Waals surface area contributed by atoms with Crippen molar-refractivity contribution in [3.63, 3.8) is 0 Å². The molecule has 274 valence electrons. The van der Waals surface area contributed by atoms with Crippen LogP contribution in [0.15, 0.2) is 118 Å². The van der Waals surface area contributed by atoms with Crippen LogP contribution in [0.5, 0.6) is 11.5 Å². The number of anilines is 3. The van der Waals surface area contributed by atoms with Gasteiger partial charge in [0.2, 0.25) is 17.9 Å². The number of Topliss-reactive ketones (excluding diaryl/α,β-unsaturated/α-hetero) is 2. The fraction of sp³-hybridized carbons (Fsp3) is 0.225. The zero-order valence-corrected chi connectivity index (χ0v) is 29.6. The molecule has 0 spiro atoms. The minimum absolute atomic E-state index is 0.0738. The van der Waals surface area contributed by atoms with Crippen LogP contribution < -0.4 is 25.4 Å². The molecule has 0 saturated carbocycles. The molecular weight excluding hydrogens is 690 g/mol. The summed E-state index contributed by atoms with van der Waals surface area (Å²) in [6, 6.07) is 21.9. The highest BCUT2D eigenvalue weighted by Gasteiger charge is 2.25. The van der Waals surface area contributed by atoms with Gasteiger partial charge in [-0.25, -0.2) is 0 Å². The van der Waals surface area contributed by atoms with Crippen LogP contribution in [0.3, 0.4) is 0 Å². The van der Waals surface area contributed by atoms with Crippen LogP contribution in [0.25, 0.3) is 0 Å². The van der Waals surface area contributed by atoms with Crippen LogP contribution in [0.2, 0.25) is 0 Å². The Morgan fingerprint density at radius 3 is 1.96 bits per heavy atom. The van der Waals surface area contributed by atoms with Crippen molar-refractivity contribution in [2.75, 3.05) is 29.2 Å². The number of azo groups is 2. The first kappa shape index (κ1) is 36.9. The maximum absolute atomic E-state index is 13.3. The molecule has 0 aliphatic carbocycles. The van der Waals surface area contributed by atoms with E-state index in [2.05, 4.69) is 43.0 Å². The number of carbonyl (C=O) groups is 5. The number of hydrogen-bond acceptors (Lipinski definition) is 11. The molecule has 4 aromatic carbocycles. The third kappa shape index (κ3) is 9.14. The van der Waals surface area contributed by atoms with Gasteiger partial charge in [0.1, 0.15) is 36.1 Å². The van der Waals surface area contributed by atoms with E-state index in [1.807, 2.05) is 12.1 Å². The van der Waals surface area contributed by atoms with E-state index in [1.54, 1.807) is 79.7 Å². The molecule has 2 heterocycles. The molecule has 54 heavy (non-hydrogen) atoms. The summed E-state index contributed by atoms with van der Waals surface area (Å²) in [6.45, 7) is 7.12. The molecule has 4 aromatic rings. The molecule has 0 fully saturated rings. The van der Waals surface area contributed by atoms with Gasteiger partial charge in [0.05, 0.1) is 12.8 Å². The van der Waals surface area contributed by atoms with Gasteiger partial charge < -0.3 is 25.4 Å². The smallest absolute Gasteiger partial charge is 0.258 e. The average molecular weight is 728 g/mol. The average Bonchev–Trinajstić information content (AvgIpc) is 3.70. The van der Waals surface area contributed by atoms with Gasteiger partial charge in [0.15, 0.2) is 17.6 Å². The van der Waals surface area contributed by atoms with Gasteiger partial charge in [-0.3, -0.25) is 24.0 Å². The standard InChI is InChI=1S/C40H37N7O7/c1-23(2)38(33(49)19-25-12-15-29-27(18-25)21-37(51)42-29)46-44-30-8-4-6-10-34(30)53-16-17-54-35-11-7-5-9-31(35)45-47-39(24(3)48)40(52)41-28-14-13-26-20-36(50)43-32(26)22-28/h4-15,18,22,38-39H,1,16-17,19-21H2,2-3H3,(H,41,52)(H,42,51)(H,43,50). The molecule has 6 rings (SSSR count). The zero-order valence-electron chi connectivity index (χ0n) is 29.6. The van der Waals surface area contributed by atoms with E-state index in [4.69, 9.17) is 9.47 Å². The Labute approximate surface area is 310 Å². The van der Waals surface area contributed by atoms with Crippen LogP contribution in [-0.2, 0) is 43.2 Å². The second-order valence-corrected chi connectivity index (χ2v) is 12.8. The first-order chi connectivity index (χ1) is 26.0. The maximum atomic E-state index is 13.3. The van der Waals surface area contributed by atoms with Crippen molar-refractivity contribution in [2.45, 2.75) is 45.2 Å². The third-order valence-corrected chi connectivity index (χ3v) is 8.47. The van der Waals surface area contributed by atoms with E-state index in [-0.39, 0.29) is 50.1 Å². The molecule has 14 heteroatoms. The highest BCUT2D eigenvalue weighted by molar-refractivity contribution is 6.10. The van der Waals surface area contributed by atoms with Crippen molar-refractivity contribution in [3.05, 3.63) is 114 Å². The molecule has 2 aliphatic heterocycles. The van der Waals surface area contributed by atoms with Gasteiger partial charge in [-0.05, 0) is 78.6 Å². The first-order valence-corrected chi connectivity index (χ1v) is 17.1. The largest absolute Gasteiger partial charge is 0.488 e. The Morgan fingerprint density at radius 2 is 1.33 bits per heavy atom. The second kappa shape index (κ2) is 16.7. The minimum Gasteiger partial charge on any atom is -0.488 e. The summed E-state index contributed by atoms with van der Waals surface area (Å²) in [6.07, 6.45) is 0.654. The number of rotatable bonds is 16. The number of para-hydroxylation sites is 2. The summed E-state index contributed by atoms with van der Waals surface area (Å²) in [5.74, 6) is -0.804. The minimum atomic E-state index is -1.42. The predicted molar refractivity (Wildman–Crippen MR) is 201 cm³/mol. The molecule has 2 atom stereocenters. The number of nitrogens with zero attached hydrogens (tertiary/aromatic N) is 4. The molecule has 0 radical (unpaired) electrons. The lowest BCUT2D eigenvalue weighted by Gasteiger charge is -2.13. The molecular formula is C40H37N7O7. The first-order valence-electron chi connectivity index (χ1n) is 17.1. The van der Waals surface area contributed by atoms with E-state index in [0.717, 1.165) is 22.4 Å². The van der Waals surface area contributed by atoms with Gasteiger partial charge >= 0.3 is 0 Å². The van der Waals surface area contributed by atoms with Crippen molar-refractivity contribution in [2.24, 2.45) is 20.5 Å². The fourth-order valence-corrected chi connectivity index (χ4v) is 5.82. The Balaban J connectivity index is 1.04. The highest BCUT2D eigenvalue weighted by Crippen LogP contribution is 2.31. The summed E-state index contributed by atoms with van der Waals surface area (Å²) < 4.78 is 11.9. The summed E-state index contributed by atoms with van der Waals surface area (Å²) in [5.41, 5.74) is 5.46. The molecule has 3 amide bonds. The molecule has 3 N–H and O–H groups in total. The number of ketones is 2. The van der Waals surface area contributed by atoms with Gasteiger partial charge in [-0.1, -0.05) is 49.0 Å². The lowest BCUT2D eigenvalue weighted by atomic mass is 9.98. The third-order valence-electron chi connectivity index (χ3n) is 8.47. The number of benzene rings is 4. The van der Waals surface area contributed by atoms with E-state index >= 15 is 0 Å². The Bertz CT molecular complexity index is 2060. The lowest BCUT2D eigenvalue weighted by molar-refractivity contribution is -0.126. The van der Waals surface area contributed by atoms with Crippen LogP contribution in [0, 0.1) is 0 Å². The van der Waals surface area contributed by atoms with E-state index in [9.17, 15) is 24.0 Å². The Morgan fingerprint density at radius 1 is 0.741 bits per heavy atom. The van der Waals surface area contributed by atoms with Crippen molar-refractivity contribution in [1.82, 2.24) is 0 Å². The predicted octanol–water partition coefficient (Wildman–Crippen LogP) is 6.65. The monoisotopic (exact) mass is 727 g/mol. The van der Waals surface area contributed by atoms with E-state index in [0.29, 0.717) is 39.8 Å². The number of amides is 3. The quantitative estimate of drug-likeness (QED) is 0.0498. The fourth-order valence-electron chi connectivity index (χ4n) is 5.82. The number of hydrogen-bond donors (Lipinski definition) is 3. The molecule has 0 aromatic heterocycles. The van der Waals surface area contributed by atoms with Crippen LogP contribution in [-0.4, -0.2) is 54.6 Å². The van der Waals surface area contributed by atoms with E-state index < -0.39 is 23.8 Å². The molecule has 0 bridgehead atoms. The van der Waals surface area contributed by atoms with Crippen molar-refractivity contribution in [3.8, 4) is 11.5 Å². The van der Waals surface area contributed by atoms with Crippen molar-refractivity contribution < 1.29 is 33.4 Å². The molecule has 0 saturated heterocycles. The van der Waals surface area contributed by atoms with Gasteiger partial charge in [-0.2, -0.15) is 20.5 Å². The van der Waals surface area contributed by atoms with Gasteiger partial charge in [0, 0.05) is 23.5 Å². The van der Waals surface area contributed by atoms with Crippen molar-refractivity contribution >= 4 is 57.7 Å². The van der Waals surface area contributed by atoms with Crippen LogP contribution in [0.1, 0.15) is 30.5 Å². The second-order valence-electron chi connectivity index (χ2n) is 12.8.